The van der Waals surface area contributed by atoms with Crippen LogP contribution in [0.4, 0.5) is 22.0 Å². The van der Waals surface area contributed by atoms with Crippen molar-refractivity contribution in [2.45, 2.75) is 57.2 Å². The molecule has 15 heavy (non-hydrogen) atoms. The van der Waals surface area contributed by atoms with Crippen LogP contribution < -0.4 is 0 Å². The highest BCUT2D eigenvalue weighted by molar-refractivity contribution is 4.83. The van der Waals surface area contributed by atoms with Crippen LogP contribution in [0.1, 0.15) is 39.0 Å². The molecule has 0 saturated heterocycles. The fraction of sp³-hybridized carbons (Fsp3) is 1.00. The van der Waals surface area contributed by atoms with E-state index in [1.54, 1.807) is 0 Å². The van der Waals surface area contributed by atoms with E-state index in [4.69, 9.17) is 5.11 Å². The summed E-state index contributed by atoms with van der Waals surface area (Å²) in [6, 6.07) is 0. The Morgan fingerprint density at radius 3 is 2.00 bits per heavy atom. The van der Waals surface area contributed by atoms with Crippen molar-refractivity contribution < 1.29 is 27.1 Å². The molecule has 0 aliphatic heterocycles. The molecule has 0 saturated carbocycles. The van der Waals surface area contributed by atoms with Crippen LogP contribution in [0.15, 0.2) is 0 Å². The third-order valence-electron chi connectivity index (χ3n) is 2.11. The molecular weight excluding hydrogens is 219 g/mol. The summed E-state index contributed by atoms with van der Waals surface area (Å²) in [5.74, 6) is -5.00. The van der Waals surface area contributed by atoms with Gasteiger partial charge in [-0.3, -0.25) is 0 Å². The van der Waals surface area contributed by atoms with E-state index in [2.05, 4.69) is 0 Å². The highest BCUT2D eigenvalue weighted by atomic mass is 19.3. The van der Waals surface area contributed by atoms with Crippen LogP contribution in [-0.4, -0.2) is 23.3 Å². The van der Waals surface area contributed by atoms with E-state index in [0.717, 1.165) is 12.8 Å². The van der Waals surface area contributed by atoms with Crippen LogP contribution in [0.3, 0.4) is 0 Å². The number of halogens is 5. The number of hydrogen-bond acceptors (Lipinski definition) is 1. The minimum atomic E-state index is -5.29. The highest BCUT2D eigenvalue weighted by Crippen LogP contribution is 2.38. The van der Waals surface area contributed by atoms with Gasteiger partial charge in [0, 0.05) is 0 Å². The Morgan fingerprint density at radius 2 is 1.60 bits per heavy atom. The Hall–Kier alpha value is -0.390. The molecule has 0 aliphatic rings. The number of rotatable bonds is 7. The summed E-state index contributed by atoms with van der Waals surface area (Å²) in [5, 5.41) is 7.80. The highest BCUT2D eigenvalue weighted by Gasteiger charge is 2.60. The molecule has 0 heterocycles. The Labute approximate surface area is 85.3 Å². The Morgan fingerprint density at radius 1 is 1.07 bits per heavy atom. The number of unbranched alkanes of at least 4 members (excludes halogenated alkanes) is 3. The lowest BCUT2D eigenvalue weighted by Gasteiger charge is -2.24. The van der Waals surface area contributed by atoms with E-state index in [9.17, 15) is 22.0 Å². The largest absolute Gasteiger partial charge is 0.420 e. The van der Waals surface area contributed by atoms with E-state index in [0.29, 0.717) is 6.42 Å². The lowest BCUT2D eigenvalue weighted by Crippen LogP contribution is -2.47. The second kappa shape index (κ2) is 5.63. The van der Waals surface area contributed by atoms with Gasteiger partial charge in [-0.2, -0.15) is 17.6 Å². The molecule has 1 unspecified atom stereocenters. The molecule has 0 fully saturated rings. The molecule has 0 amide bonds. The van der Waals surface area contributed by atoms with E-state index in [1.807, 2.05) is 6.92 Å². The van der Waals surface area contributed by atoms with Crippen LogP contribution in [0, 0.1) is 0 Å². The van der Waals surface area contributed by atoms with Gasteiger partial charge in [-0.05, 0) is 6.42 Å². The van der Waals surface area contributed by atoms with Crippen LogP contribution >= 0.6 is 0 Å². The summed E-state index contributed by atoms with van der Waals surface area (Å²) >= 11 is 0. The molecule has 0 radical (unpaired) electrons. The fourth-order valence-corrected chi connectivity index (χ4v) is 1.12. The second-order valence-corrected chi connectivity index (χ2v) is 3.48. The molecule has 0 bridgehead atoms. The number of hydrogen-bond donors (Lipinski definition) is 1. The van der Waals surface area contributed by atoms with E-state index >= 15 is 0 Å². The Bertz CT molecular complexity index is 178. The topological polar surface area (TPSA) is 20.2 Å². The monoisotopic (exact) mass is 234 g/mol. The summed E-state index contributed by atoms with van der Waals surface area (Å²) in [5.41, 5.74) is 0. The maximum atomic E-state index is 12.7. The smallest absolute Gasteiger partial charge is 0.331 e. The van der Waals surface area contributed by atoms with Crippen molar-refractivity contribution in [1.82, 2.24) is 0 Å². The van der Waals surface area contributed by atoms with Crippen molar-refractivity contribution in [3.05, 3.63) is 0 Å². The van der Waals surface area contributed by atoms with Crippen LogP contribution in [-0.2, 0) is 0 Å². The van der Waals surface area contributed by atoms with Crippen molar-refractivity contribution in [3.8, 4) is 0 Å². The summed E-state index contributed by atoms with van der Waals surface area (Å²) in [6.45, 7) is 1.88. The first-order valence-corrected chi connectivity index (χ1v) is 4.85. The molecule has 6 heteroatoms. The van der Waals surface area contributed by atoms with Gasteiger partial charge >= 0.3 is 12.0 Å². The maximum Gasteiger partial charge on any atom is 0.420 e. The predicted octanol–water partition coefficient (Wildman–Crippen LogP) is 3.52. The molecular formula is C9H15F5O. The molecule has 1 N–H and O–H groups in total. The zero-order chi connectivity index (χ0) is 12.1. The molecule has 0 aromatic rings. The van der Waals surface area contributed by atoms with Crippen molar-refractivity contribution in [3.63, 3.8) is 0 Å². The van der Waals surface area contributed by atoms with Gasteiger partial charge in [0.05, 0.1) is 0 Å². The van der Waals surface area contributed by atoms with Crippen LogP contribution in [0.25, 0.3) is 0 Å². The van der Waals surface area contributed by atoms with Gasteiger partial charge in [0.2, 0.25) is 0 Å². The first-order chi connectivity index (χ1) is 6.73. The Kier molecular flexibility index (Phi) is 5.48. The first-order valence-electron chi connectivity index (χ1n) is 4.85. The molecule has 0 spiro atoms. The molecule has 1 nitrogen and oxygen atoms in total. The molecule has 0 aliphatic carbocycles. The summed E-state index contributed by atoms with van der Waals surface area (Å²) in [4.78, 5) is 0. The number of alkyl halides is 5. The molecule has 92 valence electrons. The van der Waals surface area contributed by atoms with Crippen molar-refractivity contribution in [2.24, 2.45) is 0 Å². The lowest BCUT2D eigenvalue weighted by atomic mass is 10.1. The van der Waals surface area contributed by atoms with Crippen molar-refractivity contribution in [1.29, 1.82) is 0 Å². The third-order valence-corrected chi connectivity index (χ3v) is 2.11. The third kappa shape index (κ3) is 4.32. The van der Waals surface area contributed by atoms with E-state index in [1.165, 1.54) is 0 Å². The van der Waals surface area contributed by atoms with E-state index < -0.39 is 24.6 Å². The van der Waals surface area contributed by atoms with Crippen molar-refractivity contribution in [2.75, 3.05) is 0 Å². The van der Waals surface area contributed by atoms with Crippen molar-refractivity contribution >= 4 is 0 Å². The average Bonchev–Trinajstić information content (AvgIpc) is 2.10. The summed E-state index contributed by atoms with van der Waals surface area (Å²) in [7, 11) is 0. The molecule has 0 aromatic carbocycles. The van der Waals surface area contributed by atoms with Crippen LogP contribution in [0.2, 0.25) is 0 Å². The van der Waals surface area contributed by atoms with Crippen LogP contribution in [0.5, 0.6) is 0 Å². The van der Waals surface area contributed by atoms with Gasteiger partial charge in [0.1, 0.15) is 0 Å². The molecule has 0 aromatic heterocycles. The zero-order valence-corrected chi connectivity index (χ0v) is 8.45. The summed E-state index contributed by atoms with van der Waals surface area (Å²) in [6.07, 6.45) is -6.75. The van der Waals surface area contributed by atoms with Gasteiger partial charge in [-0.15, -0.1) is 0 Å². The molecule has 1 atom stereocenters. The molecule has 0 rings (SSSR count). The van der Waals surface area contributed by atoms with Gasteiger partial charge in [-0.25, -0.2) is 4.39 Å². The van der Waals surface area contributed by atoms with Gasteiger partial charge < -0.3 is 5.11 Å². The predicted molar refractivity (Wildman–Crippen MR) is 45.8 cm³/mol. The van der Waals surface area contributed by atoms with Gasteiger partial charge in [-0.1, -0.05) is 32.6 Å². The fourth-order valence-electron chi connectivity index (χ4n) is 1.12. The van der Waals surface area contributed by atoms with Gasteiger partial charge in [0.15, 0.2) is 6.17 Å². The van der Waals surface area contributed by atoms with E-state index in [-0.39, 0.29) is 6.42 Å². The Balaban J connectivity index is 4.03. The second-order valence-electron chi connectivity index (χ2n) is 3.48. The lowest BCUT2D eigenvalue weighted by molar-refractivity contribution is -0.342. The zero-order valence-electron chi connectivity index (χ0n) is 8.45. The minimum Gasteiger partial charge on any atom is -0.331 e. The number of aliphatic hydroxyl groups is 1. The normalized spacial score (nSPS) is 15.4. The maximum absolute atomic E-state index is 12.7. The summed E-state index contributed by atoms with van der Waals surface area (Å²) < 4.78 is 61.4. The first kappa shape index (κ1) is 14.6. The minimum absolute atomic E-state index is 0.112. The SMILES string of the molecule is CCCCCCC(F)C(F)(F)C(O)(F)F. The quantitative estimate of drug-likeness (QED) is 0.528. The van der Waals surface area contributed by atoms with Gasteiger partial charge in [0.25, 0.3) is 0 Å². The average molecular weight is 234 g/mol. The standard InChI is InChI=1S/C9H15F5O/c1-2-3-4-5-6-7(10)8(11,12)9(13,14)15/h7,15H,2-6H2,1H3.